The lowest BCUT2D eigenvalue weighted by molar-refractivity contribution is -0.385. The number of hydrogen-bond acceptors (Lipinski definition) is 6. The van der Waals surface area contributed by atoms with E-state index in [0.29, 0.717) is 10.2 Å². The first-order chi connectivity index (χ1) is 9.92. The van der Waals surface area contributed by atoms with Crippen LogP contribution in [0.1, 0.15) is 5.69 Å². The summed E-state index contributed by atoms with van der Waals surface area (Å²) in [6.45, 7) is 1.51. The Balaban J connectivity index is 2.48. The fourth-order valence-electron chi connectivity index (χ4n) is 1.70. The van der Waals surface area contributed by atoms with E-state index in [9.17, 15) is 14.5 Å². The van der Waals surface area contributed by atoms with Crippen LogP contribution in [-0.4, -0.2) is 21.9 Å². The summed E-state index contributed by atoms with van der Waals surface area (Å²) in [5.74, 6) is -0.251. The van der Waals surface area contributed by atoms with Crippen LogP contribution in [0.2, 0.25) is 0 Å². The van der Waals surface area contributed by atoms with E-state index in [1.54, 1.807) is 13.1 Å². The SMILES string of the molecule is CNc1nc(C)c([N+](=O)[O-])c(Nc2ccc(Br)c(F)c2)n1. The normalized spacial score (nSPS) is 10.3. The van der Waals surface area contributed by atoms with Gasteiger partial charge in [-0.2, -0.15) is 4.98 Å². The second-order valence-electron chi connectivity index (χ2n) is 4.09. The molecule has 0 saturated carbocycles. The van der Waals surface area contributed by atoms with E-state index in [-0.39, 0.29) is 23.1 Å². The Kier molecular flexibility index (Phi) is 4.32. The topological polar surface area (TPSA) is 93.0 Å². The third-order valence-corrected chi connectivity index (χ3v) is 3.29. The molecule has 0 spiro atoms. The molecule has 2 N–H and O–H groups in total. The Labute approximate surface area is 127 Å². The van der Waals surface area contributed by atoms with Crippen LogP contribution in [0, 0.1) is 22.9 Å². The third-order valence-electron chi connectivity index (χ3n) is 2.65. The lowest BCUT2D eigenvalue weighted by Gasteiger charge is -2.09. The molecular formula is C12H11BrFN5O2. The van der Waals surface area contributed by atoms with Crippen LogP contribution in [0.4, 0.5) is 27.5 Å². The fraction of sp³-hybridized carbons (Fsp3) is 0.167. The van der Waals surface area contributed by atoms with Gasteiger partial charge in [-0.3, -0.25) is 10.1 Å². The number of halogens is 2. The summed E-state index contributed by atoms with van der Waals surface area (Å²) in [6.07, 6.45) is 0. The number of nitrogens with one attached hydrogen (secondary N) is 2. The largest absolute Gasteiger partial charge is 0.357 e. The molecule has 0 saturated heterocycles. The summed E-state index contributed by atoms with van der Waals surface area (Å²) in [5, 5.41) is 16.6. The zero-order valence-corrected chi connectivity index (χ0v) is 12.7. The summed E-state index contributed by atoms with van der Waals surface area (Å²) >= 11 is 3.04. The van der Waals surface area contributed by atoms with Crippen LogP contribution >= 0.6 is 15.9 Å². The van der Waals surface area contributed by atoms with Crippen LogP contribution < -0.4 is 10.6 Å². The molecule has 0 bridgehead atoms. The van der Waals surface area contributed by atoms with Crippen molar-refractivity contribution in [3.63, 3.8) is 0 Å². The molecule has 0 amide bonds. The van der Waals surface area contributed by atoms with Crippen molar-refractivity contribution in [2.45, 2.75) is 6.92 Å². The maximum Gasteiger partial charge on any atom is 0.332 e. The Morgan fingerprint density at radius 3 is 2.67 bits per heavy atom. The van der Waals surface area contributed by atoms with Gasteiger partial charge in [0.15, 0.2) is 0 Å². The number of nitro groups is 1. The highest BCUT2D eigenvalue weighted by Crippen LogP contribution is 2.30. The predicted molar refractivity (Wildman–Crippen MR) is 80.4 cm³/mol. The lowest BCUT2D eigenvalue weighted by Crippen LogP contribution is -2.07. The van der Waals surface area contributed by atoms with E-state index in [4.69, 9.17) is 0 Å². The van der Waals surface area contributed by atoms with Crippen LogP contribution in [0.25, 0.3) is 0 Å². The van der Waals surface area contributed by atoms with E-state index in [1.807, 2.05) is 0 Å². The first-order valence-electron chi connectivity index (χ1n) is 5.85. The van der Waals surface area contributed by atoms with E-state index in [0.717, 1.165) is 0 Å². The minimum absolute atomic E-state index is 0.00132. The molecule has 0 radical (unpaired) electrons. The van der Waals surface area contributed by atoms with Gasteiger partial charge in [0.2, 0.25) is 11.8 Å². The smallest absolute Gasteiger partial charge is 0.332 e. The summed E-state index contributed by atoms with van der Waals surface area (Å²) in [5.41, 5.74) is 0.302. The van der Waals surface area contributed by atoms with Gasteiger partial charge < -0.3 is 10.6 Å². The summed E-state index contributed by atoms with van der Waals surface area (Å²) < 4.78 is 13.8. The molecule has 0 aliphatic carbocycles. The van der Waals surface area contributed by atoms with Crippen molar-refractivity contribution in [1.29, 1.82) is 0 Å². The molecule has 0 aliphatic heterocycles. The van der Waals surface area contributed by atoms with Crippen LogP contribution in [0.15, 0.2) is 22.7 Å². The Morgan fingerprint density at radius 2 is 2.10 bits per heavy atom. The van der Waals surface area contributed by atoms with Gasteiger partial charge in [-0.1, -0.05) is 0 Å². The number of nitrogens with zero attached hydrogens (tertiary/aromatic N) is 3. The van der Waals surface area contributed by atoms with Gasteiger partial charge in [0.25, 0.3) is 0 Å². The number of aromatic nitrogens is 2. The average molecular weight is 356 g/mol. The van der Waals surface area contributed by atoms with E-state index >= 15 is 0 Å². The summed E-state index contributed by atoms with van der Waals surface area (Å²) in [4.78, 5) is 18.5. The maximum absolute atomic E-state index is 13.5. The molecule has 7 nitrogen and oxygen atoms in total. The van der Waals surface area contributed by atoms with E-state index in [2.05, 4.69) is 36.5 Å². The standard InChI is InChI=1S/C12H11BrFN5O2/c1-6-10(19(20)21)11(18-12(15-2)16-6)17-7-3-4-8(13)9(14)5-7/h3-5H,1-2H3,(H2,15,16,17,18). The van der Waals surface area contributed by atoms with Crippen molar-refractivity contribution >= 4 is 39.1 Å². The first-order valence-corrected chi connectivity index (χ1v) is 6.64. The molecule has 1 heterocycles. The van der Waals surface area contributed by atoms with Gasteiger partial charge >= 0.3 is 5.69 Å². The molecule has 2 aromatic rings. The molecule has 0 unspecified atom stereocenters. The van der Waals surface area contributed by atoms with Crippen LogP contribution in [-0.2, 0) is 0 Å². The molecule has 0 fully saturated rings. The van der Waals surface area contributed by atoms with Crippen molar-refractivity contribution in [2.75, 3.05) is 17.7 Å². The van der Waals surface area contributed by atoms with Crippen molar-refractivity contribution in [1.82, 2.24) is 9.97 Å². The monoisotopic (exact) mass is 355 g/mol. The maximum atomic E-state index is 13.5. The zero-order valence-electron chi connectivity index (χ0n) is 11.1. The minimum atomic E-state index is -0.577. The number of rotatable bonds is 4. The Bertz CT molecular complexity index is 710. The highest BCUT2D eigenvalue weighted by atomic mass is 79.9. The molecule has 2 rings (SSSR count). The molecule has 1 aromatic heterocycles. The molecular weight excluding hydrogens is 345 g/mol. The zero-order chi connectivity index (χ0) is 15.6. The second-order valence-corrected chi connectivity index (χ2v) is 4.95. The van der Waals surface area contributed by atoms with E-state index in [1.165, 1.54) is 19.1 Å². The van der Waals surface area contributed by atoms with Gasteiger partial charge in [0, 0.05) is 12.7 Å². The molecule has 21 heavy (non-hydrogen) atoms. The quantitative estimate of drug-likeness (QED) is 0.644. The van der Waals surface area contributed by atoms with Gasteiger partial charge in [-0.05, 0) is 41.1 Å². The molecule has 0 aliphatic rings. The van der Waals surface area contributed by atoms with Crippen molar-refractivity contribution in [3.8, 4) is 0 Å². The Hall–Kier alpha value is -2.29. The summed E-state index contributed by atoms with van der Waals surface area (Å²) in [6, 6.07) is 4.29. The van der Waals surface area contributed by atoms with Gasteiger partial charge in [0.1, 0.15) is 11.5 Å². The Morgan fingerprint density at radius 1 is 1.38 bits per heavy atom. The molecule has 9 heteroatoms. The lowest BCUT2D eigenvalue weighted by atomic mass is 10.3. The highest BCUT2D eigenvalue weighted by molar-refractivity contribution is 9.10. The van der Waals surface area contributed by atoms with Crippen molar-refractivity contribution in [3.05, 3.63) is 44.3 Å². The minimum Gasteiger partial charge on any atom is -0.357 e. The number of aryl methyl sites for hydroxylation is 1. The number of anilines is 3. The first kappa shape index (κ1) is 15.1. The van der Waals surface area contributed by atoms with Crippen molar-refractivity contribution in [2.24, 2.45) is 0 Å². The van der Waals surface area contributed by atoms with Gasteiger partial charge in [0.05, 0.1) is 9.40 Å². The molecule has 1 aromatic carbocycles. The number of hydrogen-bond donors (Lipinski definition) is 2. The molecule has 110 valence electrons. The van der Waals surface area contributed by atoms with E-state index < -0.39 is 10.7 Å². The van der Waals surface area contributed by atoms with Crippen molar-refractivity contribution < 1.29 is 9.31 Å². The van der Waals surface area contributed by atoms with Crippen LogP contribution in [0.3, 0.4) is 0 Å². The van der Waals surface area contributed by atoms with Crippen LogP contribution in [0.5, 0.6) is 0 Å². The fourth-order valence-corrected chi connectivity index (χ4v) is 1.94. The number of benzene rings is 1. The highest BCUT2D eigenvalue weighted by Gasteiger charge is 2.22. The predicted octanol–water partition coefficient (Wildman–Crippen LogP) is 3.38. The third kappa shape index (κ3) is 3.24. The van der Waals surface area contributed by atoms with Gasteiger partial charge in [-0.25, -0.2) is 9.37 Å². The average Bonchev–Trinajstić information content (AvgIpc) is 2.41. The summed E-state index contributed by atoms with van der Waals surface area (Å²) in [7, 11) is 1.60. The van der Waals surface area contributed by atoms with Gasteiger partial charge in [-0.15, -0.1) is 0 Å². The molecule has 0 atom stereocenters. The second kappa shape index (κ2) is 6.00.